The van der Waals surface area contributed by atoms with Crippen LogP contribution in [-0.4, -0.2) is 13.1 Å². The summed E-state index contributed by atoms with van der Waals surface area (Å²) in [5.41, 5.74) is 0. The van der Waals surface area contributed by atoms with Crippen molar-refractivity contribution in [3.05, 3.63) is 21.9 Å². The molecule has 0 aliphatic heterocycles. The van der Waals surface area contributed by atoms with Gasteiger partial charge in [-0.15, -0.1) is 22.9 Å². The van der Waals surface area contributed by atoms with Gasteiger partial charge in [0.1, 0.15) is 4.88 Å². The largest absolute Gasteiger partial charge is 0.465 e. The Labute approximate surface area is 80.1 Å². The second-order valence-electron chi connectivity index (χ2n) is 2.31. The molecule has 0 aliphatic carbocycles. The van der Waals surface area contributed by atoms with E-state index in [0.29, 0.717) is 4.88 Å². The summed E-state index contributed by atoms with van der Waals surface area (Å²) in [6, 6.07) is 3.57. The summed E-state index contributed by atoms with van der Waals surface area (Å²) in [6.07, 6.45) is 0. The molecule has 0 aromatic carbocycles. The van der Waals surface area contributed by atoms with Crippen molar-refractivity contribution in [3.8, 4) is 0 Å². The van der Waals surface area contributed by atoms with E-state index in [4.69, 9.17) is 11.6 Å². The molecule has 0 radical (unpaired) electrons. The summed E-state index contributed by atoms with van der Waals surface area (Å²) in [6.45, 7) is 1.87. The Morgan fingerprint density at radius 3 is 2.75 bits per heavy atom. The molecule has 1 atom stereocenters. The number of rotatable bonds is 2. The maximum absolute atomic E-state index is 11.0. The van der Waals surface area contributed by atoms with Crippen LogP contribution in [-0.2, 0) is 4.74 Å². The number of carbonyl (C=O) groups excluding carboxylic acids is 1. The molecule has 1 unspecified atom stereocenters. The smallest absolute Gasteiger partial charge is 0.348 e. The van der Waals surface area contributed by atoms with Gasteiger partial charge in [-0.25, -0.2) is 4.79 Å². The SMILES string of the molecule is COC(=O)c1ccc(C(C)Cl)s1. The molecule has 1 heterocycles. The molecule has 12 heavy (non-hydrogen) atoms. The Kier molecular flexibility index (Phi) is 3.12. The normalized spacial score (nSPS) is 12.6. The van der Waals surface area contributed by atoms with Crippen LogP contribution < -0.4 is 0 Å². The van der Waals surface area contributed by atoms with Crippen molar-refractivity contribution in [1.82, 2.24) is 0 Å². The van der Waals surface area contributed by atoms with Gasteiger partial charge in [-0.2, -0.15) is 0 Å². The summed E-state index contributed by atoms with van der Waals surface area (Å²) in [5, 5.41) is -0.0478. The van der Waals surface area contributed by atoms with E-state index in [1.54, 1.807) is 6.07 Å². The molecule has 1 aromatic heterocycles. The number of halogens is 1. The first-order chi connectivity index (χ1) is 5.65. The fourth-order valence-electron chi connectivity index (χ4n) is 0.777. The van der Waals surface area contributed by atoms with E-state index in [1.165, 1.54) is 18.4 Å². The van der Waals surface area contributed by atoms with E-state index < -0.39 is 0 Å². The number of thiophene rings is 1. The second kappa shape index (κ2) is 3.92. The zero-order valence-electron chi connectivity index (χ0n) is 6.83. The van der Waals surface area contributed by atoms with E-state index in [1.807, 2.05) is 13.0 Å². The van der Waals surface area contributed by atoms with Crippen molar-refractivity contribution in [1.29, 1.82) is 0 Å². The van der Waals surface area contributed by atoms with E-state index in [0.717, 1.165) is 4.88 Å². The molecule has 2 nitrogen and oxygen atoms in total. The zero-order valence-corrected chi connectivity index (χ0v) is 8.41. The van der Waals surface area contributed by atoms with Gasteiger partial charge < -0.3 is 4.74 Å². The Hall–Kier alpha value is -0.540. The molecule has 1 rings (SSSR count). The summed E-state index contributed by atoms with van der Waals surface area (Å²) < 4.78 is 4.56. The molecular weight excluding hydrogens is 196 g/mol. The molecule has 0 N–H and O–H groups in total. The molecule has 4 heteroatoms. The van der Waals surface area contributed by atoms with Gasteiger partial charge >= 0.3 is 5.97 Å². The Bertz CT molecular complexity index is 280. The maximum atomic E-state index is 11.0. The topological polar surface area (TPSA) is 26.3 Å². The van der Waals surface area contributed by atoms with Crippen molar-refractivity contribution in [2.75, 3.05) is 7.11 Å². The highest BCUT2D eigenvalue weighted by molar-refractivity contribution is 7.14. The zero-order chi connectivity index (χ0) is 9.14. The molecule has 0 aliphatic rings. The van der Waals surface area contributed by atoms with Crippen molar-refractivity contribution in [2.24, 2.45) is 0 Å². The average molecular weight is 205 g/mol. The highest BCUT2D eigenvalue weighted by Gasteiger charge is 2.11. The monoisotopic (exact) mass is 204 g/mol. The molecule has 0 fully saturated rings. The van der Waals surface area contributed by atoms with Gasteiger partial charge in [-0.05, 0) is 19.1 Å². The van der Waals surface area contributed by atoms with E-state index in [-0.39, 0.29) is 11.3 Å². The molecule has 0 bridgehead atoms. The first-order valence-corrected chi connectivity index (χ1v) is 4.72. The van der Waals surface area contributed by atoms with Gasteiger partial charge in [-0.3, -0.25) is 0 Å². The summed E-state index contributed by atoms with van der Waals surface area (Å²) in [4.78, 5) is 12.6. The third-order valence-corrected chi connectivity index (χ3v) is 3.02. The predicted molar refractivity (Wildman–Crippen MR) is 49.9 cm³/mol. The highest BCUT2D eigenvalue weighted by atomic mass is 35.5. The second-order valence-corrected chi connectivity index (χ2v) is 4.08. The number of alkyl halides is 1. The third-order valence-electron chi connectivity index (χ3n) is 1.41. The molecule has 66 valence electrons. The lowest BCUT2D eigenvalue weighted by atomic mass is 10.3. The number of esters is 1. The molecule has 0 spiro atoms. The van der Waals surface area contributed by atoms with Crippen LogP contribution >= 0.6 is 22.9 Å². The van der Waals surface area contributed by atoms with Crippen LogP contribution in [0.3, 0.4) is 0 Å². The van der Waals surface area contributed by atoms with Crippen molar-refractivity contribution < 1.29 is 9.53 Å². The number of hydrogen-bond donors (Lipinski definition) is 0. The van der Waals surface area contributed by atoms with E-state index >= 15 is 0 Å². The lowest BCUT2D eigenvalue weighted by Gasteiger charge is -1.95. The fraction of sp³-hybridized carbons (Fsp3) is 0.375. The van der Waals surface area contributed by atoms with Gasteiger partial charge in [0.05, 0.1) is 12.5 Å². The standard InChI is InChI=1S/C8H9ClO2S/c1-5(9)6-3-4-7(12-6)8(10)11-2/h3-5H,1-2H3. The number of methoxy groups -OCH3 is 1. The molecular formula is C8H9ClO2S. The Morgan fingerprint density at radius 2 is 2.33 bits per heavy atom. The van der Waals surface area contributed by atoms with Crippen LogP contribution in [0.25, 0.3) is 0 Å². The van der Waals surface area contributed by atoms with Crippen LogP contribution in [0, 0.1) is 0 Å². The summed E-state index contributed by atoms with van der Waals surface area (Å²) in [5.74, 6) is -0.302. The van der Waals surface area contributed by atoms with Gasteiger partial charge in [0.15, 0.2) is 0 Å². The van der Waals surface area contributed by atoms with Gasteiger partial charge in [0, 0.05) is 4.88 Å². The summed E-state index contributed by atoms with van der Waals surface area (Å²) in [7, 11) is 1.37. The average Bonchev–Trinajstić information content (AvgIpc) is 2.51. The summed E-state index contributed by atoms with van der Waals surface area (Å²) >= 11 is 7.19. The predicted octanol–water partition coefficient (Wildman–Crippen LogP) is 2.83. The number of carbonyl (C=O) groups is 1. The van der Waals surface area contributed by atoms with Crippen molar-refractivity contribution in [3.63, 3.8) is 0 Å². The first-order valence-electron chi connectivity index (χ1n) is 3.47. The molecule has 0 saturated heterocycles. The number of hydrogen-bond acceptors (Lipinski definition) is 3. The molecule has 0 saturated carbocycles. The van der Waals surface area contributed by atoms with Crippen LogP contribution in [0.4, 0.5) is 0 Å². The highest BCUT2D eigenvalue weighted by Crippen LogP contribution is 2.27. The molecule has 0 amide bonds. The van der Waals surface area contributed by atoms with E-state index in [2.05, 4.69) is 4.74 Å². The van der Waals surface area contributed by atoms with Gasteiger partial charge in [-0.1, -0.05) is 0 Å². The van der Waals surface area contributed by atoms with Crippen LogP contribution in [0.1, 0.15) is 26.8 Å². The Balaban J connectivity index is 2.84. The maximum Gasteiger partial charge on any atom is 0.348 e. The lowest BCUT2D eigenvalue weighted by Crippen LogP contribution is -1.96. The quantitative estimate of drug-likeness (QED) is 0.547. The first kappa shape index (κ1) is 9.55. The van der Waals surface area contributed by atoms with Crippen molar-refractivity contribution in [2.45, 2.75) is 12.3 Å². The van der Waals surface area contributed by atoms with Crippen molar-refractivity contribution >= 4 is 28.9 Å². The van der Waals surface area contributed by atoms with E-state index in [9.17, 15) is 4.79 Å². The van der Waals surface area contributed by atoms with Crippen LogP contribution in [0.15, 0.2) is 12.1 Å². The van der Waals surface area contributed by atoms with Gasteiger partial charge in [0.2, 0.25) is 0 Å². The third kappa shape index (κ3) is 1.99. The minimum Gasteiger partial charge on any atom is -0.465 e. The van der Waals surface area contributed by atoms with Crippen LogP contribution in [0.2, 0.25) is 0 Å². The fourth-order valence-corrected chi connectivity index (χ4v) is 1.84. The van der Waals surface area contributed by atoms with Gasteiger partial charge in [0.25, 0.3) is 0 Å². The number of ether oxygens (including phenoxy) is 1. The molecule has 1 aromatic rings. The minimum atomic E-state index is -0.302. The Morgan fingerprint density at radius 1 is 1.67 bits per heavy atom. The minimum absolute atomic E-state index is 0.0478. The van der Waals surface area contributed by atoms with Crippen LogP contribution in [0.5, 0.6) is 0 Å². The lowest BCUT2D eigenvalue weighted by molar-refractivity contribution is 0.0606.